The van der Waals surface area contributed by atoms with Crippen LogP contribution in [0, 0.1) is 0 Å². The fourth-order valence-electron chi connectivity index (χ4n) is 4.39. The zero-order chi connectivity index (χ0) is 23.5. The van der Waals surface area contributed by atoms with Gasteiger partial charge in [0.15, 0.2) is 5.78 Å². The molecule has 3 aromatic rings. The van der Waals surface area contributed by atoms with Crippen LogP contribution in [0.1, 0.15) is 30.5 Å². The van der Waals surface area contributed by atoms with Crippen LogP contribution >= 0.6 is 34.7 Å². The second-order valence-electron chi connectivity index (χ2n) is 8.42. The summed E-state index contributed by atoms with van der Waals surface area (Å²) in [6, 6.07) is 15.2. The zero-order valence-electron chi connectivity index (χ0n) is 18.3. The molecule has 0 saturated carbocycles. The van der Waals surface area contributed by atoms with E-state index < -0.39 is 10.8 Å². The van der Waals surface area contributed by atoms with Crippen molar-refractivity contribution in [1.29, 1.82) is 0 Å². The van der Waals surface area contributed by atoms with E-state index in [1.807, 2.05) is 53.2 Å². The number of thioether (sulfide) groups is 1. The molecule has 9 heteroatoms. The van der Waals surface area contributed by atoms with Crippen molar-refractivity contribution < 1.29 is 14.3 Å². The number of ether oxygens (including phenoxy) is 1. The topological polar surface area (TPSA) is 80.3 Å². The molecule has 1 aromatic carbocycles. The predicted molar refractivity (Wildman–Crippen MR) is 136 cm³/mol. The Labute approximate surface area is 211 Å². The number of carbonyl (C=O) groups is 2. The number of carbonyl (C=O) groups excluding carboxylic acids is 2. The van der Waals surface area contributed by atoms with Gasteiger partial charge in [-0.25, -0.2) is 4.98 Å². The van der Waals surface area contributed by atoms with Crippen molar-refractivity contribution in [1.82, 2.24) is 10.3 Å². The Bertz CT molecular complexity index is 1160. The highest BCUT2D eigenvalue weighted by molar-refractivity contribution is 8.01. The number of hydrogen-bond acceptors (Lipinski definition) is 7. The lowest BCUT2D eigenvalue weighted by Gasteiger charge is -2.39. The molecule has 4 heterocycles. The fourth-order valence-corrected chi connectivity index (χ4v) is 6.37. The van der Waals surface area contributed by atoms with Crippen molar-refractivity contribution in [3.8, 4) is 0 Å². The number of Topliss-reactive ketones (excluding diaryl/α,β-unsaturated/α-hetero) is 1. The summed E-state index contributed by atoms with van der Waals surface area (Å²) >= 11 is 9.00. The lowest BCUT2D eigenvalue weighted by molar-refractivity contribution is -0.133. The number of piperidine rings is 1. The molecule has 2 aliphatic rings. The number of amides is 1. The average Bonchev–Trinajstić information content (AvgIpc) is 3.39. The highest BCUT2D eigenvalue weighted by Crippen LogP contribution is 2.41. The lowest BCUT2D eigenvalue weighted by atomic mass is 9.79. The maximum Gasteiger partial charge on any atom is 0.242 e. The van der Waals surface area contributed by atoms with E-state index in [-0.39, 0.29) is 24.2 Å². The molecule has 0 radical (unpaired) electrons. The standard InChI is InChI=1S/C25H24ClN3O3S2/c26-18-4-1-2-5-20(18)34-23-19(30)14-25(29-24(23)31,16-10-13-33-15-16)21-6-3-7-22(28-21)27-17-8-11-32-12-9-17/h1-7,10,13,15,17,23H,8-9,11-12,14H2,(H,27,28)(H,29,31). The lowest BCUT2D eigenvalue weighted by Crippen LogP contribution is -2.58. The summed E-state index contributed by atoms with van der Waals surface area (Å²) in [7, 11) is 0. The van der Waals surface area contributed by atoms with Gasteiger partial charge in [0.25, 0.3) is 0 Å². The highest BCUT2D eigenvalue weighted by Gasteiger charge is 2.48. The van der Waals surface area contributed by atoms with Crippen LogP contribution in [0.5, 0.6) is 0 Å². The summed E-state index contributed by atoms with van der Waals surface area (Å²) in [5.74, 6) is 0.245. The van der Waals surface area contributed by atoms with Gasteiger partial charge in [-0.15, -0.1) is 11.8 Å². The second kappa shape index (κ2) is 10.1. The number of benzene rings is 1. The number of hydrogen-bond donors (Lipinski definition) is 2. The minimum absolute atomic E-state index is 0.116. The number of aromatic nitrogens is 1. The maximum atomic E-state index is 13.4. The maximum absolute atomic E-state index is 13.4. The first-order valence-corrected chi connectivity index (χ1v) is 13.4. The van der Waals surface area contributed by atoms with Gasteiger partial charge in [0.1, 0.15) is 16.6 Å². The third-order valence-corrected chi connectivity index (χ3v) is 8.61. The van der Waals surface area contributed by atoms with Crippen molar-refractivity contribution in [3.05, 3.63) is 75.6 Å². The monoisotopic (exact) mass is 513 g/mol. The molecule has 0 bridgehead atoms. The van der Waals surface area contributed by atoms with Gasteiger partial charge < -0.3 is 15.4 Å². The van der Waals surface area contributed by atoms with E-state index in [9.17, 15) is 9.59 Å². The normalized spacial score (nSPS) is 23.5. The predicted octanol–water partition coefficient (Wildman–Crippen LogP) is 4.88. The van der Waals surface area contributed by atoms with Gasteiger partial charge in [-0.3, -0.25) is 9.59 Å². The van der Waals surface area contributed by atoms with Crippen LogP contribution in [0.4, 0.5) is 5.82 Å². The SMILES string of the molecule is O=C1CC(c2ccsc2)(c2cccc(NC3CCOCC3)n2)NC(=O)C1Sc1ccccc1Cl. The van der Waals surface area contributed by atoms with Gasteiger partial charge in [0.2, 0.25) is 5.91 Å². The number of nitrogens with one attached hydrogen (secondary N) is 2. The zero-order valence-corrected chi connectivity index (χ0v) is 20.7. The van der Waals surface area contributed by atoms with Gasteiger partial charge in [0.05, 0.1) is 10.7 Å². The Hall–Kier alpha value is -2.39. The van der Waals surface area contributed by atoms with Crippen LogP contribution in [0.3, 0.4) is 0 Å². The second-order valence-corrected chi connectivity index (χ2v) is 10.8. The molecule has 2 fully saturated rings. The Morgan fingerprint density at radius 3 is 2.68 bits per heavy atom. The molecule has 5 rings (SSSR count). The molecule has 2 N–H and O–H groups in total. The van der Waals surface area contributed by atoms with Crippen LogP contribution in [0.2, 0.25) is 5.02 Å². The molecular weight excluding hydrogens is 490 g/mol. The number of rotatable bonds is 6. The van der Waals surface area contributed by atoms with Crippen molar-refractivity contribution in [2.45, 2.75) is 41.0 Å². The van der Waals surface area contributed by atoms with Gasteiger partial charge >= 0.3 is 0 Å². The van der Waals surface area contributed by atoms with Crippen molar-refractivity contribution >= 4 is 52.2 Å². The van der Waals surface area contributed by atoms with E-state index in [4.69, 9.17) is 21.3 Å². The van der Waals surface area contributed by atoms with Gasteiger partial charge in [-0.2, -0.15) is 11.3 Å². The average molecular weight is 514 g/mol. The van der Waals surface area contributed by atoms with Crippen molar-refractivity contribution in [2.24, 2.45) is 0 Å². The third kappa shape index (κ3) is 4.73. The highest BCUT2D eigenvalue weighted by atomic mass is 35.5. The first-order chi connectivity index (χ1) is 16.5. The smallest absolute Gasteiger partial charge is 0.242 e. The minimum atomic E-state index is -1.01. The van der Waals surface area contributed by atoms with Crippen LogP contribution in [-0.2, 0) is 19.9 Å². The van der Waals surface area contributed by atoms with E-state index >= 15 is 0 Å². The molecule has 0 aliphatic carbocycles. The van der Waals surface area contributed by atoms with Crippen LogP contribution < -0.4 is 10.6 Å². The number of halogens is 1. The number of pyridine rings is 1. The summed E-state index contributed by atoms with van der Waals surface area (Å²) in [5.41, 5.74) is 0.487. The summed E-state index contributed by atoms with van der Waals surface area (Å²) in [6.45, 7) is 1.45. The largest absolute Gasteiger partial charge is 0.381 e. The molecule has 6 nitrogen and oxygen atoms in total. The van der Waals surface area contributed by atoms with Gasteiger partial charge in [0, 0.05) is 30.6 Å². The molecule has 2 saturated heterocycles. The van der Waals surface area contributed by atoms with Crippen LogP contribution in [0.25, 0.3) is 0 Å². The molecule has 2 atom stereocenters. The molecule has 34 heavy (non-hydrogen) atoms. The number of ketones is 1. The van der Waals surface area contributed by atoms with Crippen molar-refractivity contribution in [2.75, 3.05) is 18.5 Å². The Kier molecular flexibility index (Phi) is 6.92. The molecule has 2 aromatic heterocycles. The molecular formula is C25H24ClN3O3S2. The summed E-state index contributed by atoms with van der Waals surface area (Å²) in [6.07, 6.45) is 1.95. The molecule has 2 aliphatic heterocycles. The van der Waals surface area contributed by atoms with Crippen molar-refractivity contribution in [3.63, 3.8) is 0 Å². The number of thiophene rings is 1. The molecule has 2 unspecified atom stereocenters. The minimum Gasteiger partial charge on any atom is -0.381 e. The first-order valence-electron chi connectivity index (χ1n) is 11.2. The third-order valence-electron chi connectivity index (χ3n) is 6.16. The first kappa shape index (κ1) is 23.4. The van der Waals surface area contributed by atoms with E-state index in [1.165, 1.54) is 23.1 Å². The summed E-state index contributed by atoms with van der Waals surface area (Å²) < 4.78 is 5.45. The van der Waals surface area contributed by atoms with Gasteiger partial charge in [-0.05, 0) is 59.5 Å². The van der Waals surface area contributed by atoms with E-state index in [2.05, 4.69) is 10.6 Å². The number of nitrogens with zero attached hydrogens (tertiary/aromatic N) is 1. The molecule has 176 valence electrons. The van der Waals surface area contributed by atoms with Crippen LogP contribution in [0.15, 0.2) is 64.2 Å². The van der Waals surface area contributed by atoms with Gasteiger partial charge in [-0.1, -0.05) is 29.8 Å². The Morgan fingerprint density at radius 2 is 1.94 bits per heavy atom. The van der Waals surface area contributed by atoms with E-state index in [1.54, 1.807) is 6.07 Å². The molecule has 0 spiro atoms. The fraction of sp³-hybridized carbons (Fsp3) is 0.320. The van der Waals surface area contributed by atoms with Crippen LogP contribution in [-0.4, -0.2) is 41.2 Å². The molecule has 1 amide bonds. The van der Waals surface area contributed by atoms with E-state index in [0.29, 0.717) is 15.6 Å². The summed E-state index contributed by atoms with van der Waals surface area (Å²) in [4.78, 5) is 32.4. The summed E-state index contributed by atoms with van der Waals surface area (Å²) in [5, 5.41) is 10.2. The Morgan fingerprint density at radius 1 is 1.12 bits per heavy atom. The number of anilines is 1. The van der Waals surface area contributed by atoms with E-state index in [0.717, 1.165) is 37.4 Å². The quantitative estimate of drug-likeness (QED) is 0.457. The Balaban J connectivity index is 1.45.